The lowest BCUT2D eigenvalue weighted by Gasteiger charge is -1.99. The summed E-state index contributed by atoms with van der Waals surface area (Å²) in [6.07, 6.45) is 4.20. The van der Waals surface area contributed by atoms with E-state index >= 15 is 0 Å². The van der Waals surface area contributed by atoms with Gasteiger partial charge in [-0.05, 0) is 18.1 Å². The standard InChI is InChI=1S/C14H15ClN/c1-12-6-8-16(9-7-12)11-14-4-2-13(10-15)3-5-14/h2-9H,10-11H2,1H3/q+1. The van der Waals surface area contributed by atoms with Gasteiger partial charge < -0.3 is 0 Å². The number of aromatic nitrogens is 1. The molecule has 2 rings (SSSR count). The van der Waals surface area contributed by atoms with E-state index in [4.69, 9.17) is 11.6 Å². The molecule has 2 aromatic rings. The van der Waals surface area contributed by atoms with Crippen molar-refractivity contribution >= 4 is 11.6 Å². The van der Waals surface area contributed by atoms with E-state index in [1.165, 1.54) is 16.7 Å². The Morgan fingerprint density at radius 1 is 0.938 bits per heavy atom. The minimum absolute atomic E-state index is 0.581. The molecule has 0 N–H and O–H groups in total. The average Bonchev–Trinajstić information content (AvgIpc) is 2.33. The maximum absolute atomic E-state index is 5.75. The Hall–Kier alpha value is -1.34. The van der Waals surface area contributed by atoms with Crippen LogP contribution < -0.4 is 4.57 Å². The first-order chi connectivity index (χ1) is 7.78. The summed E-state index contributed by atoms with van der Waals surface area (Å²) in [6, 6.07) is 12.7. The van der Waals surface area contributed by atoms with Gasteiger partial charge in [0, 0.05) is 23.6 Å². The first kappa shape index (κ1) is 11.2. The molecule has 16 heavy (non-hydrogen) atoms. The van der Waals surface area contributed by atoms with Crippen molar-refractivity contribution in [3.05, 3.63) is 65.5 Å². The summed E-state index contributed by atoms with van der Waals surface area (Å²) in [5.74, 6) is 0.581. The Morgan fingerprint density at radius 2 is 1.50 bits per heavy atom. The molecule has 0 fully saturated rings. The van der Waals surface area contributed by atoms with Gasteiger partial charge in [0.2, 0.25) is 0 Å². The van der Waals surface area contributed by atoms with E-state index in [9.17, 15) is 0 Å². The zero-order valence-corrected chi connectivity index (χ0v) is 10.1. The first-order valence-electron chi connectivity index (χ1n) is 5.37. The lowest BCUT2D eigenvalue weighted by Crippen LogP contribution is -2.33. The molecule has 82 valence electrons. The number of nitrogens with zero attached hydrogens (tertiary/aromatic N) is 1. The van der Waals surface area contributed by atoms with E-state index in [1.54, 1.807) is 0 Å². The maximum Gasteiger partial charge on any atom is 0.173 e. The number of halogens is 1. The quantitative estimate of drug-likeness (QED) is 0.566. The molecule has 0 aliphatic carbocycles. The summed E-state index contributed by atoms with van der Waals surface area (Å²) < 4.78 is 2.17. The summed E-state index contributed by atoms with van der Waals surface area (Å²) in [5, 5.41) is 0. The predicted octanol–water partition coefficient (Wildman–Crippen LogP) is 3.07. The minimum Gasteiger partial charge on any atom is -0.201 e. The summed E-state index contributed by atoms with van der Waals surface area (Å²) in [5.41, 5.74) is 3.75. The second kappa shape index (κ2) is 5.13. The smallest absolute Gasteiger partial charge is 0.173 e. The number of pyridine rings is 1. The van der Waals surface area contributed by atoms with E-state index in [0.717, 1.165) is 6.54 Å². The van der Waals surface area contributed by atoms with Gasteiger partial charge in [-0.2, -0.15) is 0 Å². The molecule has 0 amide bonds. The molecule has 0 bridgehead atoms. The number of rotatable bonds is 3. The van der Waals surface area contributed by atoms with Crippen molar-refractivity contribution in [3.8, 4) is 0 Å². The van der Waals surface area contributed by atoms with Crippen molar-refractivity contribution in [3.63, 3.8) is 0 Å². The lowest BCUT2D eigenvalue weighted by atomic mass is 10.1. The Balaban J connectivity index is 2.11. The fourth-order valence-electron chi connectivity index (χ4n) is 1.58. The van der Waals surface area contributed by atoms with Crippen LogP contribution in [0.25, 0.3) is 0 Å². The second-order valence-corrected chi connectivity index (χ2v) is 4.27. The molecule has 1 nitrogen and oxygen atoms in total. The van der Waals surface area contributed by atoms with Crippen molar-refractivity contribution in [2.24, 2.45) is 0 Å². The molecule has 1 heterocycles. The van der Waals surface area contributed by atoms with Gasteiger partial charge in [0.25, 0.3) is 0 Å². The fraction of sp³-hybridized carbons (Fsp3) is 0.214. The number of aryl methyl sites for hydroxylation is 1. The number of hydrogen-bond acceptors (Lipinski definition) is 0. The molecule has 2 heteroatoms. The highest BCUT2D eigenvalue weighted by Crippen LogP contribution is 2.06. The molecule has 0 saturated carbocycles. The van der Waals surface area contributed by atoms with Crippen molar-refractivity contribution < 1.29 is 4.57 Å². The molecule has 0 unspecified atom stereocenters. The van der Waals surface area contributed by atoms with E-state index in [0.29, 0.717) is 5.88 Å². The molecule has 0 aliphatic rings. The summed E-state index contributed by atoms with van der Waals surface area (Å²) >= 11 is 5.75. The summed E-state index contributed by atoms with van der Waals surface area (Å²) in [7, 11) is 0. The van der Waals surface area contributed by atoms with Crippen LogP contribution in [0.1, 0.15) is 16.7 Å². The van der Waals surface area contributed by atoms with Crippen molar-refractivity contribution in [2.45, 2.75) is 19.3 Å². The Kier molecular flexibility index (Phi) is 3.58. The van der Waals surface area contributed by atoms with Gasteiger partial charge in [0.15, 0.2) is 18.9 Å². The molecular formula is C14H15ClN+. The first-order valence-corrected chi connectivity index (χ1v) is 5.91. The van der Waals surface area contributed by atoms with Crippen LogP contribution in [-0.4, -0.2) is 0 Å². The van der Waals surface area contributed by atoms with E-state index in [-0.39, 0.29) is 0 Å². The van der Waals surface area contributed by atoms with Crippen molar-refractivity contribution in [2.75, 3.05) is 0 Å². The predicted molar refractivity (Wildman–Crippen MR) is 66.5 cm³/mol. The Morgan fingerprint density at radius 3 is 2.06 bits per heavy atom. The van der Waals surface area contributed by atoms with Gasteiger partial charge in [-0.3, -0.25) is 0 Å². The monoisotopic (exact) mass is 232 g/mol. The highest BCUT2D eigenvalue weighted by atomic mass is 35.5. The third-order valence-corrected chi connectivity index (χ3v) is 2.91. The third kappa shape index (κ3) is 2.83. The molecule has 1 aromatic carbocycles. The zero-order chi connectivity index (χ0) is 11.4. The average molecular weight is 233 g/mol. The maximum atomic E-state index is 5.75. The van der Waals surface area contributed by atoms with Gasteiger partial charge in [-0.25, -0.2) is 4.57 Å². The van der Waals surface area contributed by atoms with Gasteiger partial charge in [-0.1, -0.05) is 24.3 Å². The summed E-state index contributed by atoms with van der Waals surface area (Å²) in [4.78, 5) is 0. The number of hydrogen-bond donors (Lipinski definition) is 0. The molecular weight excluding hydrogens is 218 g/mol. The van der Waals surface area contributed by atoms with Crippen molar-refractivity contribution in [1.82, 2.24) is 0 Å². The van der Waals surface area contributed by atoms with Crippen LogP contribution in [0.4, 0.5) is 0 Å². The molecule has 1 aromatic heterocycles. The van der Waals surface area contributed by atoms with Crippen LogP contribution in [-0.2, 0) is 12.4 Å². The molecule has 0 saturated heterocycles. The highest BCUT2D eigenvalue weighted by molar-refractivity contribution is 6.17. The molecule has 0 radical (unpaired) electrons. The topological polar surface area (TPSA) is 3.88 Å². The van der Waals surface area contributed by atoms with Gasteiger partial charge in [0.1, 0.15) is 0 Å². The SMILES string of the molecule is Cc1cc[n+](Cc2ccc(CCl)cc2)cc1. The highest BCUT2D eigenvalue weighted by Gasteiger charge is 2.01. The Bertz CT molecular complexity index is 445. The van der Waals surface area contributed by atoms with Crippen LogP contribution in [0, 0.1) is 6.92 Å². The zero-order valence-electron chi connectivity index (χ0n) is 9.36. The molecule has 0 spiro atoms. The fourth-order valence-corrected chi connectivity index (χ4v) is 1.76. The van der Waals surface area contributed by atoms with E-state index in [2.05, 4.69) is 60.3 Å². The van der Waals surface area contributed by atoms with Gasteiger partial charge in [-0.15, -0.1) is 11.6 Å². The number of benzene rings is 1. The van der Waals surface area contributed by atoms with Crippen LogP contribution in [0.2, 0.25) is 0 Å². The van der Waals surface area contributed by atoms with Crippen LogP contribution in [0.5, 0.6) is 0 Å². The van der Waals surface area contributed by atoms with Crippen LogP contribution in [0.15, 0.2) is 48.8 Å². The third-order valence-electron chi connectivity index (χ3n) is 2.60. The lowest BCUT2D eigenvalue weighted by molar-refractivity contribution is -0.688. The van der Waals surface area contributed by atoms with Gasteiger partial charge in [0.05, 0.1) is 0 Å². The Labute approximate surface area is 101 Å². The van der Waals surface area contributed by atoms with Crippen LogP contribution in [0.3, 0.4) is 0 Å². The largest absolute Gasteiger partial charge is 0.201 e. The minimum atomic E-state index is 0.581. The number of alkyl halides is 1. The van der Waals surface area contributed by atoms with Gasteiger partial charge >= 0.3 is 0 Å². The summed E-state index contributed by atoms with van der Waals surface area (Å²) in [6.45, 7) is 3.00. The van der Waals surface area contributed by atoms with E-state index in [1.807, 2.05) is 0 Å². The molecule has 0 aliphatic heterocycles. The van der Waals surface area contributed by atoms with Crippen molar-refractivity contribution in [1.29, 1.82) is 0 Å². The van der Waals surface area contributed by atoms with Crippen LogP contribution >= 0.6 is 11.6 Å². The normalized spacial score (nSPS) is 10.4. The van der Waals surface area contributed by atoms with E-state index < -0.39 is 0 Å². The second-order valence-electron chi connectivity index (χ2n) is 4.00. The molecule has 0 atom stereocenters.